The van der Waals surface area contributed by atoms with Crippen LogP contribution in [0.2, 0.25) is 10.0 Å². The van der Waals surface area contributed by atoms with Gasteiger partial charge in [-0.05, 0) is 11.6 Å². The number of rotatable bonds is 1. The van der Waals surface area contributed by atoms with Crippen molar-refractivity contribution < 1.29 is 14.6 Å². The van der Waals surface area contributed by atoms with Crippen LogP contribution < -0.4 is 0 Å². The summed E-state index contributed by atoms with van der Waals surface area (Å²) in [6, 6.07) is 15.6. The lowest BCUT2D eigenvalue weighted by molar-refractivity contribution is -0.137. The van der Waals surface area contributed by atoms with Gasteiger partial charge < -0.3 is 9.84 Å². The van der Waals surface area contributed by atoms with E-state index in [1.54, 1.807) is 6.07 Å². The van der Waals surface area contributed by atoms with Crippen molar-refractivity contribution in [3.05, 3.63) is 58.6 Å². The smallest absolute Gasteiger partial charge is 0.302 e. The average molecular weight is 329 g/mol. The van der Waals surface area contributed by atoms with Crippen molar-refractivity contribution in [2.45, 2.75) is 6.92 Å². The number of esters is 1. The lowest BCUT2D eigenvalue weighted by Crippen LogP contribution is -1.88. The maximum absolute atomic E-state index is 9.59. The van der Waals surface area contributed by atoms with Crippen molar-refractivity contribution >= 4 is 29.2 Å². The summed E-state index contributed by atoms with van der Waals surface area (Å²) in [5.41, 5.74) is 2.06. The number of aliphatic hydroxyl groups excluding tert-OH is 1. The Morgan fingerprint density at radius 2 is 1.52 bits per heavy atom. The molecule has 0 amide bonds. The largest absolute Gasteiger partial charge is 0.469 e. The third-order valence-electron chi connectivity index (χ3n) is 2.32. The molecule has 0 bridgehead atoms. The highest BCUT2D eigenvalue weighted by molar-refractivity contribution is 6.43. The first-order valence-corrected chi connectivity index (χ1v) is 6.80. The number of ether oxygens (including phenoxy) is 1. The van der Waals surface area contributed by atoms with Crippen molar-refractivity contribution in [2.75, 3.05) is 14.2 Å². The third kappa shape index (κ3) is 7.14. The van der Waals surface area contributed by atoms with Gasteiger partial charge in [-0.1, -0.05) is 65.7 Å². The number of carbonyl (C=O) groups excluding carboxylic acids is 1. The Morgan fingerprint density at radius 3 is 2.00 bits per heavy atom. The minimum Gasteiger partial charge on any atom is -0.469 e. The van der Waals surface area contributed by atoms with Gasteiger partial charge in [0.15, 0.2) is 0 Å². The Morgan fingerprint density at radius 1 is 1.00 bits per heavy atom. The fraction of sp³-hybridized carbons (Fsp3) is 0.188. The van der Waals surface area contributed by atoms with Gasteiger partial charge in [0.25, 0.3) is 0 Å². The molecule has 0 fully saturated rings. The van der Waals surface area contributed by atoms with Gasteiger partial charge in [0, 0.05) is 19.6 Å². The normalized spacial score (nSPS) is 8.67. The van der Waals surface area contributed by atoms with E-state index in [4.69, 9.17) is 28.3 Å². The predicted octanol–water partition coefficient (Wildman–Crippen LogP) is 4.45. The van der Waals surface area contributed by atoms with Gasteiger partial charge in [-0.25, -0.2) is 0 Å². The molecule has 0 saturated carbocycles. The molecule has 1 N–H and O–H groups in total. The van der Waals surface area contributed by atoms with Crippen LogP contribution >= 0.6 is 23.2 Å². The molecule has 0 aliphatic rings. The van der Waals surface area contributed by atoms with E-state index in [-0.39, 0.29) is 5.97 Å². The first-order chi connectivity index (χ1) is 10.1. The van der Waals surface area contributed by atoms with Gasteiger partial charge in [-0.2, -0.15) is 0 Å². The second kappa shape index (κ2) is 11.1. The molecule has 0 atom stereocenters. The zero-order valence-electron chi connectivity index (χ0n) is 12.1. The van der Waals surface area contributed by atoms with Gasteiger partial charge in [-0.15, -0.1) is 0 Å². The summed E-state index contributed by atoms with van der Waals surface area (Å²) < 4.78 is 4.11. The van der Waals surface area contributed by atoms with E-state index in [1.165, 1.54) is 14.0 Å². The van der Waals surface area contributed by atoms with Crippen LogP contribution in [0.3, 0.4) is 0 Å². The minimum atomic E-state index is -0.245. The maximum Gasteiger partial charge on any atom is 0.302 e. The van der Waals surface area contributed by atoms with Crippen LogP contribution in [0.4, 0.5) is 0 Å². The molecule has 21 heavy (non-hydrogen) atoms. The number of carbonyl (C=O) groups is 1. The highest BCUT2D eigenvalue weighted by Crippen LogP contribution is 2.32. The molecule has 0 heterocycles. The average Bonchev–Trinajstić information content (AvgIpc) is 2.53. The molecule has 0 radical (unpaired) electrons. The summed E-state index contributed by atoms with van der Waals surface area (Å²) in [7, 11) is 2.35. The summed E-state index contributed by atoms with van der Waals surface area (Å²) in [4.78, 5) is 9.59. The summed E-state index contributed by atoms with van der Waals surface area (Å²) in [6.45, 7) is 1.36. The van der Waals surface area contributed by atoms with Gasteiger partial charge in [0.2, 0.25) is 0 Å². The van der Waals surface area contributed by atoms with Crippen molar-refractivity contribution in [1.29, 1.82) is 0 Å². The van der Waals surface area contributed by atoms with E-state index in [9.17, 15) is 4.79 Å². The number of aliphatic hydroxyl groups is 1. The first kappa shape index (κ1) is 19.4. The van der Waals surface area contributed by atoms with Crippen molar-refractivity contribution in [3.63, 3.8) is 0 Å². The molecule has 0 unspecified atom stereocenters. The molecule has 0 saturated heterocycles. The molecule has 2 aromatic carbocycles. The van der Waals surface area contributed by atoms with Gasteiger partial charge in [0.05, 0.1) is 17.2 Å². The summed E-state index contributed by atoms with van der Waals surface area (Å²) >= 11 is 12.0. The molecular formula is C16H18Cl2O3. The predicted molar refractivity (Wildman–Crippen MR) is 87.7 cm³/mol. The summed E-state index contributed by atoms with van der Waals surface area (Å²) in [6.07, 6.45) is 0. The molecule has 3 nitrogen and oxygen atoms in total. The molecule has 0 spiro atoms. The first-order valence-electron chi connectivity index (χ1n) is 6.05. The zero-order chi connectivity index (χ0) is 16.3. The van der Waals surface area contributed by atoms with E-state index < -0.39 is 0 Å². The Kier molecular flexibility index (Phi) is 10.3. The Bertz CT molecular complexity index is 542. The quantitative estimate of drug-likeness (QED) is 0.787. The SMILES string of the molecule is CO.COC(C)=O.Clc1cccc(-c2ccccc2)c1Cl. The highest BCUT2D eigenvalue weighted by atomic mass is 35.5. The monoisotopic (exact) mass is 328 g/mol. The molecule has 2 aromatic rings. The second-order valence-electron chi connectivity index (χ2n) is 3.66. The maximum atomic E-state index is 9.59. The van der Waals surface area contributed by atoms with Crippen LogP contribution in [0, 0.1) is 0 Å². The van der Waals surface area contributed by atoms with E-state index in [0.29, 0.717) is 10.0 Å². The van der Waals surface area contributed by atoms with Gasteiger partial charge in [-0.3, -0.25) is 4.79 Å². The summed E-state index contributed by atoms with van der Waals surface area (Å²) in [5.74, 6) is -0.245. The number of methoxy groups -OCH3 is 1. The molecule has 5 heteroatoms. The van der Waals surface area contributed by atoms with E-state index in [1.807, 2.05) is 42.5 Å². The van der Waals surface area contributed by atoms with Crippen molar-refractivity contribution in [3.8, 4) is 11.1 Å². The number of halogens is 2. The topological polar surface area (TPSA) is 46.5 Å². The molecule has 2 rings (SSSR count). The summed E-state index contributed by atoms with van der Waals surface area (Å²) in [5, 5.41) is 8.20. The van der Waals surface area contributed by atoms with Crippen LogP contribution in [-0.2, 0) is 9.53 Å². The zero-order valence-corrected chi connectivity index (χ0v) is 13.7. The molecule has 114 valence electrons. The van der Waals surface area contributed by atoms with Crippen LogP contribution in [0.5, 0.6) is 0 Å². The number of hydrogen-bond acceptors (Lipinski definition) is 3. The Hall–Kier alpha value is -1.55. The van der Waals surface area contributed by atoms with Crippen LogP contribution in [0.1, 0.15) is 6.92 Å². The lowest BCUT2D eigenvalue weighted by atomic mass is 10.1. The second-order valence-corrected chi connectivity index (χ2v) is 4.45. The van der Waals surface area contributed by atoms with E-state index in [0.717, 1.165) is 18.2 Å². The van der Waals surface area contributed by atoms with Crippen molar-refractivity contribution in [1.82, 2.24) is 0 Å². The fourth-order valence-corrected chi connectivity index (χ4v) is 1.75. The van der Waals surface area contributed by atoms with Crippen molar-refractivity contribution in [2.24, 2.45) is 0 Å². The highest BCUT2D eigenvalue weighted by Gasteiger charge is 2.05. The Labute approximate surface area is 135 Å². The fourth-order valence-electron chi connectivity index (χ4n) is 1.34. The number of hydrogen-bond donors (Lipinski definition) is 1. The molecule has 0 aliphatic heterocycles. The van der Waals surface area contributed by atoms with Crippen LogP contribution in [0.15, 0.2) is 48.5 Å². The van der Waals surface area contributed by atoms with E-state index in [2.05, 4.69) is 4.74 Å². The molecule has 0 aromatic heterocycles. The molecule has 0 aliphatic carbocycles. The van der Waals surface area contributed by atoms with Crippen LogP contribution in [0.25, 0.3) is 11.1 Å². The Balaban J connectivity index is 0.000000489. The number of benzene rings is 2. The minimum absolute atomic E-state index is 0.245. The van der Waals surface area contributed by atoms with Gasteiger partial charge in [0.1, 0.15) is 0 Å². The lowest BCUT2D eigenvalue weighted by Gasteiger charge is -2.04. The third-order valence-corrected chi connectivity index (χ3v) is 3.14. The standard InChI is InChI=1S/C12H8Cl2.C3H6O2.CH4O/c13-11-8-4-7-10(12(11)14)9-5-2-1-3-6-9;1-3(4)5-2;1-2/h1-8H;1-2H3;2H,1H3. The molecular weight excluding hydrogens is 311 g/mol. The van der Waals surface area contributed by atoms with E-state index >= 15 is 0 Å². The van der Waals surface area contributed by atoms with Gasteiger partial charge >= 0.3 is 5.97 Å². The van der Waals surface area contributed by atoms with Crippen LogP contribution in [-0.4, -0.2) is 25.3 Å².